The first-order chi connectivity index (χ1) is 14.2. The summed E-state index contributed by atoms with van der Waals surface area (Å²) in [4.78, 5) is 27.5. The number of benzene rings is 2. The van der Waals surface area contributed by atoms with Crippen LogP contribution in [0.3, 0.4) is 0 Å². The lowest BCUT2D eigenvalue weighted by Crippen LogP contribution is -2.47. The van der Waals surface area contributed by atoms with Crippen LogP contribution in [0, 0.1) is 0 Å². The van der Waals surface area contributed by atoms with Crippen LogP contribution in [0.1, 0.15) is 40.4 Å². The summed E-state index contributed by atoms with van der Waals surface area (Å²) in [6.07, 6.45) is 2.95. The highest BCUT2D eigenvalue weighted by Gasteiger charge is 2.31. The van der Waals surface area contributed by atoms with Crippen LogP contribution in [0.4, 0.5) is 0 Å². The maximum atomic E-state index is 13.4. The lowest BCUT2D eigenvalue weighted by Gasteiger charge is -2.34. The number of piperidine rings is 1. The molecule has 1 saturated heterocycles. The summed E-state index contributed by atoms with van der Waals surface area (Å²) in [5.41, 5.74) is 1.99. The highest BCUT2D eigenvalue weighted by atomic mass is 16.3. The Morgan fingerprint density at radius 2 is 1.45 bits per heavy atom. The van der Waals surface area contributed by atoms with Crippen LogP contribution in [0.2, 0.25) is 0 Å². The Labute approximate surface area is 170 Å². The molecule has 0 unspecified atom stereocenters. The first kappa shape index (κ1) is 19.0. The Balaban J connectivity index is 1.44. The maximum absolute atomic E-state index is 13.4. The molecule has 29 heavy (non-hydrogen) atoms. The Hall–Kier alpha value is -3.34. The van der Waals surface area contributed by atoms with Crippen molar-refractivity contribution in [3.63, 3.8) is 0 Å². The number of hydrogen-bond donors (Lipinski definition) is 1. The second-order valence-electron chi connectivity index (χ2n) is 7.30. The Morgan fingerprint density at radius 3 is 1.97 bits per heavy atom. The minimum atomic E-state index is -0.313. The van der Waals surface area contributed by atoms with Gasteiger partial charge in [-0.05, 0) is 36.1 Å². The van der Waals surface area contributed by atoms with Crippen molar-refractivity contribution in [3.8, 4) is 0 Å². The summed E-state index contributed by atoms with van der Waals surface area (Å²) in [5.74, 6) is -0.0900. The minimum Gasteiger partial charge on any atom is -0.459 e. The molecule has 148 valence electrons. The van der Waals surface area contributed by atoms with Crippen LogP contribution >= 0.6 is 0 Å². The fraction of sp³-hybridized carbons (Fsp3) is 0.250. The first-order valence-electron chi connectivity index (χ1n) is 9.95. The quantitative estimate of drug-likeness (QED) is 0.722. The van der Waals surface area contributed by atoms with E-state index in [0.29, 0.717) is 18.8 Å². The molecule has 1 aliphatic rings. The summed E-state index contributed by atoms with van der Waals surface area (Å²) in [6.45, 7) is 1.25. The van der Waals surface area contributed by atoms with Gasteiger partial charge in [-0.2, -0.15) is 0 Å². The van der Waals surface area contributed by atoms with Crippen molar-refractivity contribution in [2.24, 2.45) is 0 Å². The number of carbonyl (C=O) groups is 2. The van der Waals surface area contributed by atoms with Gasteiger partial charge in [0.15, 0.2) is 5.76 Å². The second-order valence-corrected chi connectivity index (χ2v) is 7.30. The molecule has 0 bridgehead atoms. The van der Waals surface area contributed by atoms with Crippen molar-refractivity contribution in [2.75, 3.05) is 13.1 Å². The van der Waals surface area contributed by atoms with Gasteiger partial charge in [0.05, 0.1) is 12.2 Å². The SMILES string of the molecule is O=C(NC1CCN(C(=O)C(c2ccccc2)c2ccccc2)CC1)c1ccco1. The van der Waals surface area contributed by atoms with E-state index in [0.717, 1.165) is 24.0 Å². The average molecular weight is 388 g/mol. The third-order valence-electron chi connectivity index (χ3n) is 5.40. The molecule has 2 amide bonds. The van der Waals surface area contributed by atoms with Gasteiger partial charge in [0.1, 0.15) is 0 Å². The molecule has 0 atom stereocenters. The standard InChI is InChI=1S/C24H24N2O3/c27-23(21-12-7-17-29-21)25-20-13-15-26(16-14-20)24(28)22(18-8-3-1-4-9-18)19-10-5-2-6-11-19/h1-12,17,20,22H,13-16H2,(H,25,27). The summed E-state index contributed by atoms with van der Waals surface area (Å²) in [6, 6.07) is 23.2. The zero-order valence-electron chi connectivity index (χ0n) is 16.2. The molecule has 1 N–H and O–H groups in total. The number of carbonyl (C=O) groups excluding carboxylic acids is 2. The number of amides is 2. The molecule has 3 aromatic rings. The van der Waals surface area contributed by atoms with Gasteiger partial charge in [-0.3, -0.25) is 9.59 Å². The topological polar surface area (TPSA) is 62.6 Å². The summed E-state index contributed by atoms with van der Waals surface area (Å²) in [7, 11) is 0. The average Bonchev–Trinajstić information content (AvgIpc) is 3.31. The van der Waals surface area contributed by atoms with E-state index in [1.165, 1.54) is 6.26 Å². The van der Waals surface area contributed by atoms with E-state index in [1.54, 1.807) is 12.1 Å². The molecule has 1 aromatic heterocycles. The molecular weight excluding hydrogens is 364 g/mol. The Morgan fingerprint density at radius 1 is 0.862 bits per heavy atom. The molecule has 0 radical (unpaired) electrons. The molecule has 2 heterocycles. The van der Waals surface area contributed by atoms with E-state index < -0.39 is 0 Å². The van der Waals surface area contributed by atoms with Crippen LogP contribution in [0.5, 0.6) is 0 Å². The van der Waals surface area contributed by atoms with Gasteiger partial charge < -0.3 is 14.6 Å². The third kappa shape index (κ3) is 4.40. The van der Waals surface area contributed by atoms with E-state index in [9.17, 15) is 9.59 Å². The van der Waals surface area contributed by atoms with Crippen LogP contribution in [0.25, 0.3) is 0 Å². The predicted octanol–water partition coefficient (Wildman–Crippen LogP) is 3.83. The van der Waals surface area contributed by atoms with E-state index in [2.05, 4.69) is 5.32 Å². The Bertz CT molecular complexity index is 891. The fourth-order valence-corrected chi connectivity index (χ4v) is 3.86. The molecule has 1 aliphatic heterocycles. The maximum Gasteiger partial charge on any atom is 0.287 e. The number of nitrogens with zero attached hydrogens (tertiary/aromatic N) is 1. The Kier molecular flexibility index (Phi) is 5.75. The van der Waals surface area contributed by atoms with Crippen molar-refractivity contribution in [1.29, 1.82) is 0 Å². The van der Waals surface area contributed by atoms with Crippen molar-refractivity contribution in [2.45, 2.75) is 24.8 Å². The van der Waals surface area contributed by atoms with Crippen molar-refractivity contribution < 1.29 is 14.0 Å². The lowest BCUT2D eigenvalue weighted by molar-refractivity contribution is -0.132. The van der Waals surface area contributed by atoms with Crippen LogP contribution in [0.15, 0.2) is 83.5 Å². The summed E-state index contributed by atoms with van der Waals surface area (Å²) in [5, 5.41) is 3.00. The molecule has 4 rings (SSSR count). The first-order valence-corrected chi connectivity index (χ1v) is 9.95. The number of rotatable bonds is 5. The smallest absolute Gasteiger partial charge is 0.287 e. The van der Waals surface area contributed by atoms with E-state index in [1.807, 2.05) is 65.6 Å². The van der Waals surface area contributed by atoms with Crippen LogP contribution in [-0.2, 0) is 4.79 Å². The molecule has 0 saturated carbocycles. The lowest BCUT2D eigenvalue weighted by atomic mass is 9.89. The summed E-state index contributed by atoms with van der Waals surface area (Å²) < 4.78 is 5.15. The monoisotopic (exact) mass is 388 g/mol. The molecule has 0 aliphatic carbocycles. The highest BCUT2D eigenvalue weighted by Crippen LogP contribution is 2.28. The number of hydrogen-bond acceptors (Lipinski definition) is 3. The third-order valence-corrected chi connectivity index (χ3v) is 5.40. The number of nitrogens with one attached hydrogen (secondary N) is 1. The van der Waals surface area contributed by atoms with E-state index in [4.69, 9.17) is 4.42 Å². The number of likely N-dealkylation sites (tertiary alicyclic amines) is 1. The predicted molar refractivity (Wildman–Crippen MR) is 111 cm³/mol. The second kappa shape index (κ2) is 8.78. The summed E-state index contributed by atoms with van der Waals surface area (Å²) >= 11 is 0. The van der Waals surface area contributed by atoms with Crippen LogP contribution in [-0.4, -0.2) is 35.8 Å². The molecular formula is C24H24N2O3. The van der Waals surface area contributed by atoms with Crippen molar-refractivity contribution in [1.82, 2.24) is 10.2 Å². The minimum absolute atomic E-state index is 0.0450. The zero-order chi connectivity index (χ0) is 20.1. The highest BCUT2D eigenvalue weighted by molar-refractivity contribution is 5.91. The van der Waals surface area contributed by atoms with Gasteiger partial charge >= 0.3 is 0 Å². The van der Waals surface area contributed by atoms with Crippen molar-refractivity contribution in [3.05, 3.63) is 95.9 Å². The van der Waals surface area contributed by atoms with Gasteiger partial charge in [-0.25, -0.2) is 0 Å². The largest absolute Gasteiger partial charge is 0.459 e. The molecule has 0 spiro atoms. The van der Waals surface area contributed by atoms with Gasteiger partial charge in [-0.15, -0.1) is 0 Å². The fourth-order valence-electron chi connectivity index (χ4n) is 3.86. The van der Waals surface area contributed by atoms with Gasteiger partial charge in [0.2, 0.25) is 5.91 Å². The van der Waals surface area contributed by atoms with Crippen molar-refractivity contribution >= 4 is 11.8 Å². The van der Waals surface area contributed by atoms with Gasteiger partial charge in [0.25, 0.3) is 5.91 Å². The number of furan rings is 1. The van der Waals surface area contributed by atoms with E-state index >= 15 is 0 Å². The molecule has 5 heteroatoms. The molecule has 5 nitrogen and oxygen atoms in total. The molecule has 1 fully saturated rings. The van der Waals surface area contributed by atoms with Crippen LogP contribution < -0.4 is 5.32 Å². The van der Waals surface area contributed by atoms with Gasteiger partial charge in [0, 0.05) is 19.1 Å². The molecule has 2 aromatic carbocycles. The zero-order valence-corrected chi connectivity index (χ0v) is 16.2. The van der Waals surface area contributed by atoms with E-state index in [-0.39, 0.29) is 23.8 Å². The normalized spacial score (nSPS) is 14.7. The van der Waals surface area contributed by atoms with Gasteiger partial charge in [-0.1, -0.05) is 60.7 Å².